The van der Waals surface area contributed by atoms with Crippen LogP contribution in [0.25, 0.3) is 16.5 Å². The van der Waals surface area contributed by atoms with Crippen LogP contribution in [0.3, 0.4) is 0 Å². The van der Waals surface area contributed by atoms with E-state index in [-0.39, 0.29) is 40.5 Å². The minimum absolute atomic E-state index is 0.0145. The molecule has 2 aromatic carbocycles. The number of benzene rings is 2. The number of pyridine rings is 1. The number of alkyl carbamates (subject to hydrolysis) is 1. The summed E-state index contributed by atoms with van der Waals surface area (Å²) in [7, 11) is 0. The average Bonchev–Trinajstić information content (AvgIpc) is 3.64. The lowest BCUT2D eigenvalue weighted by atomic mass is 9.97. The van der Waals surface area contributed by atoms with Gasteiger partial charge in [0.25, 0.3) is 5.91 Å². The first kappa shape index (κ1) is 39.6. The smallest absolute Gasteiger partial charge is 0.408 e. The molecule has 17 heteroatoms. The van der Waals surface area contributed by atoms with Crippen LogP contribution < -0.4 is 16.0 Å². The number of nitrogens with zero attached hydrogens (tertiary/aromatic N) is 3. The van der Waals surface area contributed by atoms with E-state index in [9.17, 15) is 33.9 Å². The van der Waals surface area contributed by atoms with Crippen LogP contribution in [0.5, 0.6) is 5.88 Å². The molecule has 1 fully saturated rings. The first-order valence-electron chi connectivity index (χ1n) is 17.5. The highest BCUT2D eigenvalue weighted by molar-refractivity contribution is 6.25. The summed E-state index contributed by atoms with van der Waals surface area (Å²) in [6, 6.07) is 17.3. The van der Waals surface area contributed by atoms with Crippen molar-refractivity contribution in [2.75, 3.05) is 13.2 Å². The van der Waals surface area contributed by atoms with E-state index in [1.165, 1.54) is 10.8 Å². The molecule has 294 valence electrons. The van der Waals surface area contributed by atoms with Crippen molar-refractivity contribution in [1.29, 1.82) is 0 Å². The first-order valence-corrected chi connectivity index (χ1v) is 17.5. The van der Waals surface area contributed by atoms with Crippen molar-refractivity contribution in [3.8, 4) is 17.7 Å². The Morgan fingerprint density at radius 1 is 0.860 bits per heavy atom. The standard InChI is InChI=1S/C40H36N4O13/c1-21(45)52-20-30-33(54-22(2)46)34(55-23(3)47)35(56-24(4)48)39(57-30)44-29-15-9-8-14-27(29)32(38(44)50)31-28-17-26(18-42-36(28)43-37(31)49)13-10-16-41-40(51)53-19-25-11-6-5-7-12-25/h5-9,11-12,14-15,17-18,30,33-35,39,50H,16,19-20H2,1-4H3,(H,41,51)/t30-,33-,34+,35-,39-/m1/s1. The molecule has 2 aliphatic heterocycles. The lowest BCUT2D eigenvalue weighted by Crippen LogP contribution is -2.60. The number of carbonyl (C=O) groups excluding carboxylic acids is 6. The number of rotatable bonds is 10. The number of fused-ring (bicyclic) bond motifs is 2. The molecule has 0 unspecified atom stereocenters. The molecule has 2 N–H and O–H groups in total. The normalized spacial score (nSPS) is 19.6. The van der Waals surface area contributed by atoms with Crippen LogP contribution in [0, 0.1) is 11.8 Å². The van der Waals surface area contributed by atoms with Crippen LogP contribution in [-0.4, -0.2) is 88.1 Å². The summed E-state index contributed by atoms with van der Waals surface area (Å²) in [5.74, 6) is 1.25. The third-order valence-corrected chi connectivity index (χ3v) is 8.68. The third-order valence-electron chi connectivity index (χ3n) is 8.68. The Bertz CT molecular complexity index is 2450. The van der Waals surface area contributed by atoms with Gasteiger partial charge in [-0.15, -0.1) is 0 Å². The largest absolute Gasteiger partial charge is 0.494 e. The quantitative estimate of drug-likeness (QED) is 0.133. The fourth-order valence-corrected chi connectivity index (χ4v) is 6.51. The number of ether oxygens (including phenoxy) is 6. The SMILES string of the molecule is CC(=O)OC[C@H]1O[C@@H](n2c(O)c(C3=c4cc(C#CCNC(=O)OCc5ccccc5)cnc4=NC3=O)c3ccccc32)[C@H](OC(C)=O)[C@@H](OC(C)=O)[C@@H]1OC(C)=O. The minimum Gasteiger partial charge on any atom is -0.494 e. The molecule has 0 saturated carbocycles. The van der Waals surface area contributed by atoms with Crippen molar-refractivity contribution in [2.45, 2.75) is 64.9 Å². The fourth-order valence-electron chi connectivity index (χ4n) is 6.51. The number of hydrogen-bond acceptors (Lipinski definition) is 14. The maximum atomic E-state index is 13.6. The van der Waals surface area contributed by atoms with Gasteiger partial charge in [0.15, 0.2) is 30.0 Å². The molecule has 0 aliphatic carbocycles. The molecule has 4 aromatic rings. The van der Waals surface area contributed by atoms with E-state index in [4.69, 9.17) is 28.4 Å². The second-order valence-corrected chi connectivity index (χ2v) is 12.8. The van der Waals surface area contributed by atoms with Crippen LogP contribution in [-0.2, 0) is 59.0 Å². The van der Waals surface area contributed by atoms with E-state index < -0.39 is 79.0 Å². The highest BCUT2D eigenvalue weighted by atomic mass is 16.7. The van der Waals surface area contributed by atoms with Crippen LogP contribution >= 0.6 is 0 Å². The molecule has 6 rings (SSSR count). The second kappa shape index (κ2) is 17.2. The molecule has 0 spiro atoms. The Labute approximate surface area is 324 Å². The van der Waals surface area contributed by atoms with E-state index in [0.717, 1.165) is 33.3 Å². The Morgan fingerprint density at radius 3 is 2.23 bits per heavy atom. The molecule has 4 heterocycles. The predicted molar refractivity (Wildman–Crippen MR) is 195 cm³/mol. The van der Waals surface area contributed by atoms with Crippen molar-refractivity contribution in [3.63, 3.8) is 0 Å². The first-order chi connectivity index (χ1) is 27.3. The molecule has 2 aliphatic rings. The third kappa shape index (κ3) is 8.92. The summed E-state index contributed by atoms with van der Waals surface area (Å²) < 4.78 is 34.7. The number of amides is 2. The highest BCUT2D eigenvalue weighted by Crippen LogP contribution is 2.43. The van der Waals surface area contributed by atoms with Crippen molar-refractivity contribution in [1.82, 2.24) is 14.9 Å². The lowest BCUT2D eigenvalue weighted by Gasteiger charge is -2.45. The monoisotopic (exact) mass is 780 g/mol. The van der Waals surface area contributed by atoms with Gasteiger partial charge in [-0.2, -0.15) is 4.99 Å². The molecular weight excluding hydrogens is 744 g/mol. The molecule has 0 bridgehead atoms. The minimum atomic E-state index is -1.56. The summed E-state index contributed by atoms with van der Waals surface area (Å²) >= 11 is 0. The molecule has 2 aromatic heterocycles. The zero-order valence-electron chi connectivity index (χ0n) is 31.0. The maximum Gasteiger partial charge on any atom is 0.408 e. The molecule has 2 amide bonds. The molecule has 17 nitrogen and oxygen atoms in total. The van der Waals surface area contributed by atoms with E-state index in [1.54, 1.807) is 30.3 Å². The van der Waals surface area contributed by atoms with Crippen molar-refractivity contribution >= 4 is 52.4 Å². The molecular formula is C40H36N4O13. The van der Waals surface area contributed by atoms with Gasteiger partial charge in [-0.05, 0) is 17.7 Å². The Hall–Kier alpha value is -7.06. The molecule has 0 radical (unpaired) electrons. The van der Waals surface area contributed by atoms with Crippen molar-refractivity contribution < 1.29 is 62.3 Å². The number of aromatic hydroxyl groups is 1. The molecule has 5 atom stereocenters. The van der Waals surface area contributed by atoms with Crippen molar-refractivity contribution in [2.24, 2.45) is 4.99 Å². The zero-order chi connectivity index (χ0) is 40.8. The summed E-state index contributed by atoms with van der Waals surface area (Å²) in [6.07, 6.45) is -6.63. The van der Waals surface area contributed by atoms with E-state index in [2.05, 4.69) is 27.1 Å². The maximum absolute atomic E-state index is 13.6. The van der Waals surface area contributed by atoms with Crippen molar-refractivity contribution in [3.05, 3.63) is 94.3 Å². The van der Waals surface area contributed by atoms with Gasteiger partial charge in [-0.25, -0.2) is 9.78 Å². The number of carbonyl (C=O) groups is 6. The average molecular weight is 781 g/mol. The number of aromatic nitrogens is 2. The number of hydrogen-bond donors (Lipinski definition) is 2. The predicted octanol–water partition coefficient (Wildman–Crippen LogP) is 1.63. The highest BCUT2D eigenvalue weighted by Gasteiger charge is 2.54. The second-order valence-electron chi connectivity index (χ2n) is 12.8. The Balaban J connectivity index is 1.40. The van der Waals surface area contributed by atoms with Gasteiger partial charge in [0, 0.05) is 50.1 Å². The summed E-state index contributed by atoms with van der Waals surface area (Å²) in [6.45, 7) is 3.97. The van der Waals surface area contributed by atoms with Crippen LogP contribution in [0.15, 0.2) is 71.9 Å². The van der Waals surface area contributed by atoms with Crippen LogP contribution in [0.1, 0.15) is 50.6 Å². The van der Waals surface area contributed by atoms with Gasteiger partial charge in [-0.3, -0.25) is 28.5 Å². The van der Waals surface area contributed by atoms with E-state index in [1.807, 2.05) is 30.3 Å². The van der Waals surface area contributed by atoms with Gasteiger partial charge in [0.1, 0.15) is 19.3 Å². The Morgan fingerprint density at radius 2 is 1.53 bits per heavy atom. The van der Waals surface area contributed by atoms with Crippen LogP contribution in [0.4, 0.5) is 4.79 Å². The topological polar surface area (TPSA) is 220 Å². The summed E-state index contributed by atoms with van der Waals surface area (Å²) in [5, 5.41) is 15.3. The number of para-hydroxylation sites is 1. The number of nitrogens with one attached hydrogen (secondary N) is 1. The van der Waals surface area contributed by atoms with Crippen LogP contribution in [0.2, 0.25) is 0 Å². The van der Waals surface area contributed by atoms with Gasteiger partial charge in [0.2, 0.25) is 5.88 Å². The lowest BCUT2D eigenvalue weighted by molar-refractivity contribution is -0.268. The van der Waals surface area contributed by atoms with E-state index >= 15 is 0 Å². The number of esters is 4. The summed E-state index contributed by atoms with van der Waals surface area (Å²) in [5.41, 5.74) is 1.49. The molecule has 57 heavy (non-hydrogen) atoms. The fraction of sp³-hybridized carbons (Fsp3) is 0.300. The van der Waals surface area contributed by atoms with Gasteiger partial charge in [-0.1, -0.05) is 60.4 Å². The zero-order valence-corrected chi connectivity index (χ0v) is 31.0. The molecule has 1 saturated heterocycles. The van der Waals surface area contributed by atoms with E-state index in [0.29, 0.717) is 10.9 Å². The Kier molecular flexibility index (Phi) is 11.9. The van der Waals surface area contributed by atoms with Gasteiger partial charge < -0.3 is 38.8 Å². The van der Waals surface area contributed by atoms with Gasteiger partial charge in [0.05, 0.1) is 23.2 Å². The summed E-state index contributed by atoms with van der Waals surface area (Å²) in [4.78, 5) is 83.3. The van der Waals surface area contributed by atoms with Gasteiger partial charge >= 0.3 is 30.0 Å².